The number of fused-ring (bicyclic) bond motifs is 1. The first kappa shape index (κ1) is 20.8. The first-order chi connectivity index (χ1) is 13.5. The molecule has 0 saturated carbocycles. The van der Waals surface area contributed by atoms with Gasteiger partial charge >= 0.3 is 0 Å². The van der Waals surface area contributed by atoms with Crippen LogP contribution in [0.4, 0.5) is 0 Å². The Balaban J connectivity index is 2.15. The molecule has 0 radical (unpaired) electrons. The highest BCUT2D eigenvalue weighted by atomic mass is 32.2. The average molecular weight is 442 g/mol. The summed E-state index contributed by atoms with van der Waals surface area (Å²) in [4.78, 5) is 11.1. The summed E-state index contributed by atoms with van der Waals surface area (Å²) >= 11 is 0. The van der Waals surface area contributed by atoms with Gasteiger partial charge in [-0.1, -0.05) is 6.07 Å². The molecule has 154 valence electrons. The predicted molar refractivity (Wildman–Crippen MR) is 98.6 cm³/mol. The van der Waals surface area contributed by atoms with Crippen LogP contribution < -0.4 is 14.2 Å². The van der Waals surface area contributed by atoms with Gasteiger partial charge in [-0.05, 0) is 23.8 Å². The number of methoxy groups -OCH3 is 2. The highest BCUT2D eigenvalue weighted by Crippen LogP contribution is 2.41. The number of carbonyl (C=O) groups is 1. The van der Waals surface area contributed by atoms with Crippen molar-refractivity contribution in [1.82, 2.24) is 0 Å². The summed E-state index contributed by atoms with van der Waals surface area (Å²) in [6, 6.07) is 5.37. The maximum atomic E-state index is 12.7. The molecule has 0 fully saturated rings. The summed E-state index contributed by atoms with van der Waals surface area (Å²) < 4.78 is 80.1. The van der Waals surface area contributed by atoms with Gasteiger partial charge in [-0.15, -0.1) is 0 Å². The molecule has 0 atom stereocenters. The van der Waals surface area contributed by atoms with Crippen molar-refractivity contribution in [3.05, 3.63) is 47.2 Å². The van der Waals surface area contributed by atoms with E-state index in [1.54, 1.807) is 0 Å². The molecule has 1 aliphatic heterocycles. The first-order valence-corrected chi connectivity index (χ1v) is 10.6. The van der Waals surface area contributed by atoms with Crippen LogP contribution in [-0.2, 0) is 20.2 Å². The van der Waals surface area contributed by atoms with Crippen LogP contribution in [0.25, 0.3) is 6.08 Å². The van der Waals surface area contributed by atoms with Crippen LogP contribution in [0.2, 0.25) is 0 Å². The molecule has 1 heterocycles. The van der Waals surface area contributed by atoms with Gasteiger partial charge in [0, 0.05) is 12.1 Å². The Labute approximate surface area is 165 Å². The van der Waals surface area contributed by atoms with Crippen molar-refractivity contribution in [1.29, 1.82) is 0 Å². The zero-order chi connectivity index (χ0) is 21.6. The number of Topliss-reactive ketones (excluding diaryl/α,β-unsaturated/α-hetero) is 1. The molecule has 3 rings (SSSR count). The highest BCUT2D eigenvalue weighted by molar-refractivity contribution is 7.86. The van der Waals surface area contributed by atoms with Crippen molar-refractivity contribution in [3.8, 4) is 17.2 Å². The molecule has 2 aromatic carbocycles. The Morgan fingerprint density at radius 2 is 1.66 bits per heavy atom. The Hall–Kier alpha value is -2.93. The van der Waals surface area contributed by atoms with E-state index in [1.807, 2.05) is 0 Å². The number of rotatable bonds is 5. The maximum Gasteiger partial charge on any atom is 0.295 e. The van der Waals surface area contributed by atoms with E-state index < -0.39 is 35.8 Å². The fraction of sp³-hybridized carbons (Fsp3) is 0.118. The SMILES string of the molecule is COc1cc(OC)c2c(c1)OC(=Cc1ccc(S(=O)(=O)O)cc1S(=O)(=O)O)C2=O. The molecule has 0 bridgehead atoms. The Morgan fingerprint density at radius 1 is 0.966 bits per heavy atom. The van der Waals surface area contributed by atoms with Gasteiger partial charge in [0.05, 0.1) is 19.1 Å². The molecule has 12 heteroatoms. The molecule has 1 aliphatic rings. The largest absolute Gasteiger partial charge is 0.496 e. The third-order valence-corrected chi connectivity index (χ3v) is 5.77. The maximum absolute atomic E-state index is 12.7. The molecule has 0 saturated heterocycles. The summed E-state index contributed by atoms with van der Waals surface area (Å²) in [6.45, 7) is 0. The lowest BCUT2D eigenvalue weighted by molar-refractivity contribution is 0.101. The van der Waals surface area contributed by atoms with Crippen LogP contribution >= 0.6 is 0 Å². The van der Waals surface area contributed by atoms with Crippen molar-refractivity contribution in [2.75, 3.05) is 14.2 Å². The molecule has 0 amide bonds. The Kier molecular flexibility index (Phi) is 5.13. The quantitative estimate of drug-likeness (QED) is 0.517. The van der Waals surface area contributed by atoms with Gasteiger partial charge < -0.3 is 14.2 Å². The zero-order valence-corrected chi connectivity index (χ0v) is 16.6. The lowest BCUT2D eigenvalue weighted by atomic mass is 10.1. The van der Waals surface area contributed by atoms with E-state index in [9.17, 15) is 26.2 Å². The lowest BCUT2D eigenvalue weighted by Crippen LogP contribution is -2.06. The van der Waals surface area contributed by atoms with Crippen molar-refractivity contribution in [2.24, 2.45) is 0 Å². The van der Waals surface area contributed by atoms with Crippen molar-refractivity contribution in [2.45, 2.75) is 9.79 Å². The first-order valence-electron chi connectivity index (χ1n) is 7.75. The minimum Gasteiger partial charge on any atom is -0.496 e. The van der Waals surface area contributed by atoms with E-state index in [1.165, 1.54) is 26.4 Å². The Morgan fingerprint density at radius 3 is 2.21 bits per heavy atom. The fourth-order valence-electron chi connectivity index (χ4n) is 2.69. The summed E-state index contributed by atoms with van der Waals surface area (Å²) in [6.07, 6.45) is 1.02. The Bertz CT molecular complexity index is 1260. The number of ketones is 1. The summed E-state index contributed by atoms with van der Waals surface area (Å²) in [7, 11) is -6.88. The number of carbonyl (C=O) groups excluding carboxylic acids is 1. The van der Waals surface area contributed by atoms with E-state index >= 15 is 0 Å². The molecule has 10 nitrogen and oxygen atoms in total. The zero-order valence-electron chi connectivity index (χ0n) is 14.9. The third-order valence-electron chi connectivity index (χ3n) is 4.01. The second kappa shape index (κ2) is 7.15. The van der Waals surface area contributed by atoms with E-state index in [0.717, 1.165) is 18.2 Å². The van der Waals surface area contributed by atoms with Crippen LogP contribution in [0.15, 0.2) is 45.9 Å². The minimum atomic E-state index is -4.90. The van der Waals surface area contributed by atoms with Gasteiger partial charge in [0.25, 0.3) is 20.2 Å². The van der Waals surface area contributed by atoms with E-state index in [2.05, 4.69) is 0 Å². The average Bonchev–Trinajstić information content (AvgIpc) is 2.95. The standard InChI is InChI=1S/C17H14O10S2/c1-25-10-6-12(26-2)16-13(7-10)27-14(17(16)18)5-9-3-4-11(28(19,20)21)8-15(9)29(22,23)24/h3-8H,1-2H3,(H,19,20,21)(H,22,23,24). The predicted octanol–water partition coefficient (Wildman–Crippen LogP) is 1.81. The molecule has 29 heavy (non-hydrogen) atoms. The molecule has 0 aliphatic carbocycles. The summed E-state index contributed by atoms with van der Waals surface area (Å²) in [5.74, 6) is -0.286. The monoisotopic (exact) mass is 442 g/mol. The number of allylic oxidation sites excluding steroid dienone is 1. The minimum absolute atomic E-state index is 0.0857. The molecule has 0 spiro atoms. The molecule has 0 aromatic heterocycles. The molecular weight excluding hydrogens is 428 g/mol. The second-order valence-corrected chi connectivity index (χ2v) is 8.60. The van der Waals surface area contributed by atoms with E-state index in [0.29, 0.717) is 11.8 Å². The highest BCUT2D eigenvalue weighted by Gasteiger charge is 2.33. The van der Waals surface area contributed by atoms with E-state index in [-0.39, 0.29) is 28.4 Å². The second-order valence-electron chi connectivity index (χ2n) is 5.79. The van der Waals surface area contributed by atoms with Crippen LogP contribution in [0.3, 0.4) is 0 Å². The number of ether oxygens (including phenoxy) is 3. The number of hydrogen-bond donors (Lipinski definition) is 2. The van der Waals surface area contributed by atoms with Crippen LogP contribution in [0, 0.1) is 0 Å². The normalized spacial score (nSPS) is 15.2. The van der Waals surface area contributed by atoms with Crippen LogP contribution in [0.1, 0.15) is 15.9 Å². The smallest absolute Gasteiger partial charge is 0.295 e. The summed E-state index contributed by atoms with van der Waals surface area (Å²) in [5, 5.41) is 0. The summed E-state index contributed by atoms with van der Waals surface area (Å²) in [5.41, 5.74) is -0.149. The van der Waals surface area contributed by atoms with Crippen molar-refractivity contribution >= 4 is 32.1 Å². The van der Waals surface area contributed by atoms with Gasteiger partial charge in [-0.25, -0.2) is 0 Å². The number of benzene rings is 2. The molecular formula is C17H14O10S2. The topological polar surface area (TPSA) is 153 Å². The van der Waals surface area contributed by atoms with Gasteiger partial charge in [0.2, 0.25) is 5.78 Å². The number of hydrogen-bond acceptors (Lipinski definition) is 8. The van der Waals surface area contributed by atoms with Crippen LogP contribution in [-0.4, -0.2) is 45.9 Å². The van der Waals surface area contributed by atoms with Gasteiger partial charge in [-0.2, -0.15) is 16.8 Å². The van der Waals surface area contributed by atoms with Crippen molar-refractivity contribution in [3.63, 3.8) is 0 Å². The molecule has 2 N–H and O–H groups in total. The van der Waals surface area contributed by atoms with Gasteiger partial charge in [0.15, 0.2) is 5.76 Å². The fourth-order valence-corrected chi connectivity index (χ4v) is 3.97. The van der Waals surface area contributed by atoms with E-state index in [4.69, 9.17) is 18.8 Å². The third kappa shape index (κ3) is 3.96. The van der Waals surface area contributed by atoms with Crippen molar-refractivity contribution < 1.29 is 44.9 Å². The van der Waals surface area contributed by atoms with Gasteiger partial charge in [-0.3, -0.25) is 13.9 Å². The lowest BCUT2D eigenvalue weighted by Gasteiger charge is -2.07. The van der Waals surface area contributed by atoms with Crippen LogP contribution in [0.5, 0.6) is 17.2 Å². The molecule has 0 unspecified atom stereocenters. The molecule has 2 aromatic rings. The van der Waals surface area contributed by atoms with Gasteiger partial charge in [0.1, 0.15) is 27.7 Å².